The van der Waals surface area contributed by atoms with Crippen LogP contribution in [0.3, 0.4) is 0 Å². The maximum Gasteiger partial charge on any atom is 0.273 e. The van der Waals surface area contributed by atoms with Crippen LogP contribution in [0, 0.1) is 17.0 Å². The van der Waals surface area contributed by atoms with Crippen LogP contribution >= 0.6 is 11.6 Å². The molecule has 0 saturated carbocycles. The van der Waals surface area contributed by atoms with Gasteiger partial charge in [-0.3, -0.25) is 14.9 Å². The van der Waals surface area contributed by atoms with Crippen molar-refractivity contribution in [3.63, 3.8) is 0 Å². The molecule has 1 unspecified atom stereocenters. The maximum atomic E-state index is 12.2. The SMILES string of the molecule is Cc1c(C(=O)N(C)C(C)CCl)cccc1[N+](=O)[O-]. The number of carbonyl (C=O) groups excluding carboxylic acids is 1. The Morgan fingerprint density at radius 1 is 1.56 bits per heavy atom. The van der Waals surface area contributed by atoms with E-state index in [1.54, 1.807) is 20.0 Å². The zero-order chi connectivity index (χ0) is 13.9. The van der Waals surface area contributed by atoms with Crippen molar-refractivity contribution in [1.29, 1.82) is 0 Å². The van der Waals surface area contributed by atoms with Gasteiger partial charge in [-0.05, 0) is 19.9 Å². The molecule has 0 aliphatic heterocycles. The fraction of sp³-hybridized carbons (Fsp3) is 0.417. The molecule has 0 aromatic heterocycles. The lowest BCUT2D eigenvalue weighted by Crippen LogP contribution is -2.36. The molecule has 6 heteroatoms. The number of hydrogen-bond donors (Lipinski definition) is 0. The van der Waals surface area contributed by atoms with Crippen molar-refractivity contribution in [2.75, 3.05) is 12.9 Å². The Hall–Kier alpha value is -1.62. The van der Waals surface area contributed by atoms with Gasteiger partial charge in [-0.25, -0.2) is 0 Å². The topological polar surface area (TPSA) is 63.5 Å². The van der Waals surface area contributed by atoms with E-state index in [0.29, 0.717) is 17.0 Å². The fourth-order valence-corrected chi connectivity index (χ4v) is 1.75. The minimum absolute atomic E-state index is 0.0484. The summed E-state index contributed by atoms with van der Waals surface area (Å²) >= 11 is 5.70. The van der Waals surface area contributed by atoms with E-state index in [-0.39, 0.29) is 17.6 Å². The van der Waals surface area contributed by atoms with Crippen molar-refractivity contribution < 1.29 is 9.72 Å². The Bertz CT molecular complexity index is 476. The summed E-state index contributed by atoms with van der Waals surface area (Å²) in [6.45, 7) is 3.39. The largest absolute Gasteiger partial charge is 0.338 e. The monoisotopic (exact) mass is 270 g/mol. The molecular formula is C12H15ClN2O3. The second-order valence-electron chi connectivity index (χ2n) is 4.13. The third kappa shape index (κ3) is 2.79. The molecule has 0 aliphatic rings. The van der Waals surface area contributed by atoms with Gasteiger partial charge in [0, 0.05) is 36.2 Å². The standard InChI is InChI=1S/C12H15ClN2O3/c1-8(7-13)14(3)12(16)10-5-4-6-11(9(10)2)15(17)18/h4-6,8H,7H2,1-3H3. The van der Waals surface area contributed by atoms with Crippen LogP contribution in [-0.4, -0.2) is 34.7 Å². The Balaban J connectivity index is 3.14. The molecule has 0 fully saturated rings. The first-order valence-electron chi connectivity index (χ1n) is 5.47. The van der Waals surface area contributed by atoms with E-state index < -0.39 is 4.92 Å². The molecular weight excluding hydrogens is 256 g/mol. The van der Waals surface area contributed by atoms with Gasteiger partial charge in [-0.15, -0.1) is 11.6 Å². The third-order valence-electron chi connectivity index (χ3n) is 2.94. The summed E-state index contributed by atoms with van der Waals surface area (Å²) in [6.07, 6.45) is 0. The van der Waals surface area contributed by atoms with Gasteiger partial charge >= 0.3 is 0 Å². The molecule has 0 aliphatic carbocycles. The zero-order valence-electron chi connectivity index (χ0n) is 10.5. The molecule has 0 spiro atoms. The molecule has 1 aromatic carbocycles. The number of nitro benzene ring substituents is 1. The zero-order valence-corrected chi connectivity index (χ0v) is 11.3. The van der Waals surface area contributed by atoms with Crippen LogP contribution in [-0.2, 0) is 0 Å². The number of alkyl halides is 1. The van der Waals surface area contributed by atoms with E-state index in [1.165, 1.54) is 17.0 Å². The van der Waals surface area contributed by atoms with Gasteiger partial charge in [-0.2, -0.15) is 0 Å². The number of carbonyl (C=O) groups is 1. The first kappa shape index (κ1) is 14.4. The number of amides is 1. The first-order valence-corrected chi connectivity index (χ1v) is 6.00. The normalized spacial score (nSPS) is 12.0. The molecule has 0 radical (unpaired) electrons. The van der Waals surface area contributed by atoms with E-state index in [2.05, 4.69) is 0 Å². The Kier molecular flexibility index (Phi) is 4.67. The predicted molar refractivity (Wildman–Crippen MR) is 70.1 cm³/mol. The minimum atomic E-state index is -0.489. The molecule has 0 N–H and O–H groups in total. The highest BCUT2D eigenvalue weighted by atomic mass is 35.5. The van der Waals surface area contributed by atoms with E-state index in [0.717, 1.165) is 0 Å². The molecule has 1 rings (SSSR count). The minimum Gasteiger partial charge on any atom is -0.338 e. The van der Waals surface area contributed by atoms with Gasteiger partial charge in [0.05, 0.1) is 4.92 Å². The van der Waals surface area contributed by atoms with E-state index >= 15 is 0 Å². The van der Waals surface area contributed by atoms with Gasteiger partial charge in [0.2, 0.25) is 0 Å². The van der Waals surface area contributed by atoms with Gasteiger partial charge in [0.25, 0.3) is 11.6 Å². The van der Waals surface area contributed by atoms with Gasteiger partial charge < -0.3 is 4.90 Å². The lowest BCUT2D eigenvalue weighted by molar-refractivity contribution is -0.385. The molecule has 1 aromatic rings. The summed E-state index contributed by atoms with van der Waals surface area (Å²) < 4.78 is 0. The number of benzene rings is 1. The van der Waals surface area contributed by atoms with Crippen molar-refractivity contribution >= 4 is 23.2 Å². The second kappa shape index (κ2) is 5.82. The van der Waals surface area contributed by atoms with Crippen molar-refractivity contribution in [3.8, 4) is 0 Å². The maximum absolute atomic E-state index is 12.2. The highest BCUT2D eigenvalue weighted by Crippen LogP contribution is 2.22. The number of rotatable bonds is 4. The average molecular weight is 271 g/mol. The Labute approximate surface area is 110 Å². The first-order chi connectivity index (χ1) is 8.40. The van der Waals surface area contributed by atoms with Crippen molar-refractivity contribution in [2.45, 2.75) is 19.9 Å². The van der Waals surface area contributed by atoms with Crippen LogP contribution in [0.1, 0.15) is 22.8 Å². The molecule has 5 nitrogen and oxygen atoms in total. The average Bonchev–Trinajstić information content (AvgIpc) is 2.36. The van der Waals surface area contributed by atoms with Crippen LogP contribution < -0.4 is 0 Å². The second-order valence-corrected chi connectivity index (χ2v) is 4.43. The summed E-state index contributed by atoms with van der Waals surface area (Å²) in [5.74, 6) is 0.0558. The van der Waals surface area contributed by atoms with E-state index in [9.17, 15) is 14.9 Å². The number of nitrogens with zero attached hydrogens (tertiary/aromatic N) is 2. The highest BCUT2D eigenvalue weighted by molar-refractivity contribution is 6.18. The predicted octanol–water partition coefficient (Wildman–Crippen LogP) is 2.60. The summed E-state index contributed by atoms with van der Waals surface area (Å²) in [5, 5.41) is 10.8. The summed E-state index contributed by atoms with van der Waals surface area (Å²) in [6, 6.07) is 4.36. The van der Waals surface area contributed by atoms with Crippen molar-refractivity contribution in [1.82, 2.24) is 4.90 Å². The Morgan fingerprint density at radius 3 is 2.67 bits per heavy atom. The molecule has 18 heavy (non-hydrogen) atoms. The van der Waals surface area contributed by atoms with Gasteiger partial charge in [0.1, 0.15) is 0 Å². The van der Waals surface area contributed by atoms with Gasteiger partial charge in [0.15, 0.2) is 0 Å². The number of hydrogen-bond acceptors (Lipinski definition) is 3. The van der Waals surface area contributed by atoms with Crippen LogP contribution in [0.15, 0.2) is 18.2 Å². The molecule has 98 valence electrons. The third-order valence-corrected chi connectivity index (χ3v) is 3.38. The van der Waals surface area contributed by atoms with Crippen molar-refractivity contribution in [2.24, 2.45) is 0 Å². The fourth-order valence-electron chi connectivity index (χ4n) is 1.55. The smallest absolute Gasteiger partial charge is 0.273 e. The summed E-state index contributed by atoms with van der Waals surface area (Å²) in [7, 11) is 1.63. The van der Waals surface area contributed by atoms with Crippen LogP contribution in [0.25, 0.3) is 0 Å². The molecule has 0 heterocycles. The summed E-state index contributed by atoms with van der Waals surface area (Å²) in [5.41, 5.74) is 0.664. The molecule has 1 amide bonds. The van der Waals surface area contributed by atoms with Crippen LogP contribution in [0.2, 0.25) is 0 Å². The lowest BCUT2D eigenvalue weighted by Gasteiger charge is -2.23. The van der Waals surface area contributed by atoms with E-state index in [4.69, 9.17) is 11.6 Å². The van der Waals surface area contributed by atoms with Crippen molar-refractivity contribution in [3.05, 3.63) is 39.4 Å². The highest BCUT2D eigenvalue weighted by Gasteiger charge is 2.22. The number of nitro groups is 1. The quantitative estimate of drug-likeness (QED) is 0.480. The Morgan fingerprint density at radius 2 is 2.17 bits per heavy atom. The molecule has 1 atom stereocenters. The molecule has 0 saturated heterocycles. The van der Waals surface area contributed by atoms with E-state index in [1.807, 2.05) is 6.92 Å². The van der Waals surface area contributed by atoms with Crippen LogP contribution in [0.5, 0.6) is 0 Å². The lowest BCUT2D eigenvalue weighted by atomic mass is 10.1. The molecule has 0 bridgehead atoms. The summed E-state index contributed by atoms with van der Waals surface area (Å²) in [4.78, 5) is 24.0. The number of halogens is 1. The van der Waals surface area contributed by atoms with Crippen LogP contribution in [0.4, 0.5) is 5.69 Å². The van der Waals surface area contributed by atoms with Gasteiger partial charge in [-0.1, -0.05) is 6.07 Å².